The number of rotatable bonds is 6. The van der Waals surface area contributed by atoms with Gasteiger partial charge in [0.2, 0.25) is 0 Å². The number of carbonyl (C=O) groups is 1. The maximum Gasteiger partial charge on any atom is 0.255 e. The summed E-state index contributed by atoms with van der Waals surface area (Å²) in [4.78, 5) is 17.1. The van der Waals surface area contributed by atoms with E-state index in [2.05, 4.69) is 15.6 Å². The van der Waals surface area contributed by atoms with Gasteiger partial charge >= 0.3 is 0 Å². The summed E-state index contributed by atoms with van der Waals surface area (Å²) in [6.45, 7) is 0. The summed E-state index contributed by atoms with van der Waals surface area (Å²) < 4.78 is 5.92. The molecule has 1 aromatic heterocycles. The summed E-state index contributed by atoms with van der Waals surface area (Å²) in [6.07, 6.45) is 6.47. The maximum atomic E-state index is 12.8. The van der Waals surface area contributed by atoms with E-state index in [-0.39, 0.29) is 5.91 Å². The Morgan fingerprint density at radius 2 is 1.71 bits per heavy atom. The minimum Gasteiger partial charge on any atom is -0.455 e. The summed E-state index contributed by atoms with van der Waals surface area (Å²) in [5.41, 5.74) is 1.18. The number of ether oxygens (including phenoxy) is 1. The third-order valence-electron chi connectivity index (χ3n) is 4.84. The van der Waals surface area contributed by atoms with E-state index in [0.717, 1.165) is 24.4 Å². The molecule has 0 atom stereocenters. The van der Waals surface area contributed by atoms with E-state index in [4.69, 9.17) is 4.74 Å². The third kappa shape index (κ3) is 4.49. The van der Waals surface area contributed by atoms with Crippen LogP contribution in [0.4, 0.5) is 11.5 Å². The third-order valence-corrected chi connectivity index (χ3v) is 4.84. The van der Waals surface area contributed by atoms with E-state index in [1.165, 1.54) is 12.8 Å². The van der Waals surface area contributed by atoms with Gasteiger partial charge in [0.25, 0.3) is 5.91 Å². The smallest absolute Gasteiger partial charge is 0.255 e. The molecule has 0 radical (unpaired) electrons. The van der Waals surface area contributed by atoms with Gasteiger partial charge in [-0.1, -0.05) is 43.2 Å². The Labute approximate surface area is 164 Å². The van der Waals surface area contributed by atoms with Crippen LogP contribution in [0.3, 0.4) is 0 Å². The molecule has 0 unspecified atom stereocenters. The lowest BCUT2D eigenvalue weighted by Crippen LogP contribution is -2.17. The molecule has 1 saturated carbocycles. The maximum absolute atomic E-state index is 12.8. The van der Waals surface area contributed by atoms with Crippen LogP contribution < -0.4 is 15.4 Å². The largest absolute Gasteiger partial charge is 0.455 e. The van der Waals surface area contributed by atoms with E-state index in [1.54, 1.807) is 18.3 Å². The van der Waals surface area contributed by atoms with E-state index in [1.807, 2.05) is 54.6 Å². The highest BCUT2D eigenvalue weighted by molar-refractivity contribution is 6.05. The van der Waals surface area contributed by atoms with Crippen LogP contribution >= 0.6 is 0 Å². The molecule has 0 saturated heterocycles. The number of anilines is 2. The van der Waals surface area contributed by atoms with Crippen molar-refractivity contribution < 1.29 is 9.53 Å². The fourth-order valence-electron chi connectivity index (χ4n) is 3.40. The first-order valence-corrected chi connectivity index (χ1v) is 9.64. The summed E-state index contributed by atoms with van der Waals surface area (Å²) in [5, 5.41) is 6.38. The summed E-state index contributed by atoms with van der Waals surface area (Å²) in [5.74, 6) is 1.87. The molecule has 2 aromatic carbocycles. The van der Waals surface area contributed by atoms with Gasteiger partial charge in [-0.3, -0.25) is 4.79 Å². The first kappa shape index (κ1) is 18.0. The van der Waals surface area contributed by atoms with Crippen LogP contribution in [0.2, 0.25) is 0 Å². The number of nitrogens with zero attached hydrogens (tertiary/aromatic N) is 1. The van der Waals surface area contributed by atoms with E-state index in [9.17, 15) is 4.79 Å². The molecule has 1 aliphatic rings. The van der Waals surface area contributed by atoms with Crippen molar-refractivity contribution in [1.29, 1.82) is 0 Å². The van der Waals surface area contributed by atoms with Gasteiger partial charge in [-0.25, -0.2) is 4.98 Å². The lowest BCUT2D eigenvalue weighted by molar-refractivity contribution is 0.102. The molecule has 0 spiro atoms. The minimum atomic E-state index is -0.194. The van der Waals surface area contributed by atoms with Crippen LogP contribution in [0.1, 0.15) is 36.0 Å². The van der Waals surface area contributed by atoms with Gasteiger partial charge in [0.15, 0.2) is 5.75 Å². The van der Waals surface area contributed by atoms with Crippen LogP contribution in [0.25, 0.3) is 0 Å². The lowest BCUT2D eigenvalue weighted by atomic mass is 10.2. The quantitative estimate of drug-likeness (QED) is 0.600. The second-order valence-electron chi connectivity index (χ2n) is 6.92. The standard InChI is InChI=1S/C23H23N3O2/c27-23(17-14-15-24-22(16-17)25-18-8-4-5-9-18)26-20-12-6-7-13-21(20)28-19-10-2-1-3-11-19/h1-3,6-7,10-16,18H,4-5,8-9H2,(H,24,25)(H,26,27). The Morgan fingerprint density at radius 1 is 0.964 bits per heavy atom. The minimum absolute atomic E-state index is 0.194. The lowest BCUT2D eigenvalue weighted by Gasteiger charge is -2.14. The van der Waals surface area contributed by atoms with Crippen molar-refractivity contribution in [3.8, 4) is 11.5 Å². The Bertz CT molecular complexity index is 937. The topological polar surface area (TPSA) is 63.2 Å². The van der Waals surface area contributed by atoms with Crippen LogP contribution in [0.15, 0.2) is 72.9 Å². The zero-order chi connectivity index (χ0) is 19.2. The fraction of sp³-hybridized carbons (Fsp3) is 0.217. The number of carbonyl (C=O) groups excluding carboxylic acids is 1. The average Bonchev–Trinajstić information content (AvgIpc) is 3.23. The van der Waals surface area contributed by atoms with E-state index >= 15 is 0 Å². The monoisotopic (exact) mass is 373 g/mol. The normalized spacial score (nSPS) is 13.9. The number of hydrogen-bond donors (Lipinski definition) is 2. The summed E-state index contributed by atoms with van der Waals surface area (Å²) in [7, 11) is 0. The molecular weight excluding hydrogens is 350 g/mol. The second kappa shape index (κ2) is 8.57. The Balaban J connectivity index is 1.48. The molecule has 142 valence electrons. The van der Waals surface area contributed by atoms with Crippen molar-refractivity contribution in [3.63, 3.8) is 0 Å². The van der Waals surface area contributed by atoms with Crippen molar-refractivity contribution in [3.05, 3.63) is 78.5 Å². The SMILES string of the molecule is O=C(Nc1ccccc1Oc1ccccc1)c1ccnc(NC2CCCC2)c1. The summed E-state index contributed by atoms with van der Waals surface area (Å²) in [6, 6.07) is 20.9. The molecular formula is C23H23N3O2. The second-order valence-corrected chi connectivity index (χ2v) is 6.92. The molecule has 5 heteroatoms. The Hall–Kier alpha value is -3.34. The zero-order valence-electron chi connectivity index (χ0n) is 15.6. The van der Waals surface area contributed by atoms with Crippen LogP contribution in [0.5, 0.6) is 11.5 Å². The molecule has 4 rings (SSSR count). The van der Waals surface area contributed by atoms with Gasteiger partial charge in [0, 0.05) is 17.8 Å². The Morgan fingerprint density at radius 3 is 2.54 bits per heavy atom. The number of para-hydroxylation sites is 3. The molecule has 0 aliphatic heterocycles. The number of benzene rings is 2. The highest BCUT2D eigenvalue weighted by Crippen LogP contribution is 2.29. The van der Waals surface area contributed by atoms with Crippen molar-refractivity contribution >= 4 is 17.4 Å². The molecule has 2 N–H and O–H groups in total. The average molecular weight is 373 g/mol. The van der Waals surface area contributed by atoms with Gasteiger partial charge in [-0.2, -0.15) is 0 Å². The first-order valence-electron chi connectivity index (χ1n) is 9.64. The van der Waals surface area contributed by atoms with Crippen LogP contribution in [-0.4, -0.2) is 16.9 Å². The highest BCUT2D eigenvalue weighted by Gasteiger charge is 2.16. The van der Waals surface area contributed by atoms with Crippen molar-refractivity contribution in [2.45, 2.75) is 31.7 Å². The van der Waals surface area contributed by atoms with Crippen LogP contribution in [-0.2, 0) is 0 Å². The van der Waals surface area contributed by atoms with Crippen molar-refractivity contribution in [1.82, 2.24) is 4.98 Å². The van der Waals surface area contributed by atoms with E-state index < -0.39 is 0 Å². The fourth-order valence-corrected chi connectivity index (χ4v) is 3.40. The number of hydrogen-bond acceptors (Lipinski definition) is 4. The van der Waals surface area contributed by atoms with Gasteiger partial charge in [0.05, 0.1) is 5.69 Å². The predicted molar refractivity (Wildman–Crippen MR) is 111 cm³/mol. The molecule has 3 aromatic rings. The van der Waals surface area contributed by atoms with Gasteiger partial charge in [-0.05, 0) is 49.2 Å². The van der Waals surface area contributed by atoms with Gasteiger partial charge < -0.3 is 15.4 Å². The molecule has 5 nitrogen and oxygen atoms in total. The van der Waals surface area contributed by atoms with Crippen molar-refractivity contribution in [2.24, 2.45) is 0 Å². The van der Waals surface area contributed by atoms with Crippen LogP contribution in [0, 0.1) is 0 Å². The first-order chi connectivity index (χ1) is 13.8. The predicted octanol–water partition coefficient (Wildman–Crippen LogP) is 5.48. The number of pyridine rings is 1. The molecule has 1 aliphatic carbocycles. The molecule has 0 bridgehead atoms. The number of aromatic nitrogens is 1. The summed E-state index contributed by atoms with van der Waals surface area (Å²) >= 11 is 0. The highest BCUT2D eigenvalue weighted by atomic mass is 16.5. The molecule has 1 amide bonds. The van der Waals surface area contributed by atoms with Crippen molar-refractivity contribution in [2.75, 3.05) is 10.6 Å². The molecule has 1 heterocycles. The van der Waals surface area contributed by atoms with E-state index in [0.29, 0.717) is 23.0 Å². The molecule has 28 heavy (non-hydrogen) atoms. The number of nitrogens with one attached hydrogen (secondary N) is 2. The number of amides is 1. The van der Waals surface area contributed by atoms with Gasteiger partial charge in [-0.15, -0.1) is 0 Å². The van der Waals surface area contributed by atoms with Gasteiger partial charge in [0.1, 0.15) is 11.6 Å². The Kier molecular flexibility index (Phi) is 5.52. The molecule has 1 fully saturated rings. The zero-order valence-corrected chi connectivity index (χ0v) is 15.6.